The van der Waals surface area contributed by atoms with Crippen molar-refractivity contribution in [2.24, 2.45) is 0 Å². The predicted molar refractivity (Wildman–Crippen MR) is 225 cm³/mol. The van der Waals surface area contributed by atoms with Gasteiger partial charge < -0.3 is 13.6 Å². The Balaban J connectivity index is 1.09. The second-order valence-electron chi connectivity index (χ2n) is 15.3. The highest BCUT2D eigenvalue weighted by molar-refractivity contribution is 6.17. The average molecular weight is 691 g/mol. The summed E-state index contributed by atoms with van der Waals surface area (Å²) in [7, 11) is 0. The molecule has 0 bridgehead atoms. The first-order valence-corrected chi connectivity index (χ1v) is 18.8. The van der Waals surface area contributed by atoms with Crippen molar-refractivity contribution in [1.29, 1.82) is 0 Å². The summed E-state index contributed by atoms with van der Waals surface area (Å²) in [6.45, 7) is 4.76. The molecule has 0 N–H and O–H groups in total. The SMILES string of the molecule is CC1(C)c2ccccc2-c2ccc3c(c21)c1ccccc1n3-c1ccc2oc3cccc(-c4ccc5c(c4)c4ccccc4n5-c4ccccc4)c3c2c1. The Morgan fingerprint density at radius 1 is 0.407 bits per heavy atom. The smallest absolute Gasteiger partial charge is 0.136 e. The number of rotatable bonds is 3. The molecule has 54 heavy (non-hydrogen) atoms. The Labute approximate surface area is 311 Å². The van der Waals surface area contributed by atoms with Crippen LogP contribution >= 0.6 is 0 Å². The lowest BCUT2D eigenvalue weighted by atomic mass is 9.80. The summed E-state index contributed by atoms with van der Waals surface area (Å²) in [6, 6.07) is 61.9. The van der Waals surface area contributed by atoms with Crippen LogP contribution in [0.25, 0.3) is 99.2 Å². The minimum Gasteiger partial charge on any atom is -0.456 e. The molecule has 0 saturated carbocycles. The van der Waals surface area contributed by atoms with Crippen LogP contribution < -0.4 is 0 Å². The van der Waals surface area contributed by atoms with Gasteiger partial charge in [-0.1, -0.05) is 117 Å². The molecule has 0 radical (unpaired) electrons. The van der Waals surface area contributed by atoms with E-state index >= 15 is 0 Å². The normalized spacial score (nSPS) is 13.5. The molecule has 0 amide bonds. The summed E-state index contributed by atoms with van der Waals surface area (Å²) >= 11 is 0. The maximum Gasteiger partial charge on any atom is 0.136 e. The van der Waals surface area contributed by atoms with Gasteiger partial charge in [0.05, 0.1) is 22.1 Å². The van der Waals surface area contributed by atoms with E-state index < -0.39 is 0 Å². The van der Waals surface area contributed by atoms with E-state index in [1.165, 1.54) is 77.0 Å². The first kappa shape index (κ1) is 29.7. The molecule has 12 rings (SSSR count). The Morgan fingerprint density at radius 3 is 1.96 bits per heavy atom. The highest BCUT2D eigenvalue weighted by Crippen LogP contribution is 2.53. The molecule has 0 aliphatic heterocycles. The van der Waals surface area contributed by atoms with Gasteiger partial charge in [-0.05, 0) is 100 Å². The molecule has 11 aromatic rings. The fourth-order valence-corrected chi connectivity index (χ4v) is 9.80. The third kappa shape index (κ3) is 3.85. The lowest BCUT2D eigenvalue weighted by Gasteiger charge is -2.22. The van der Waals surface area contributed by atoms with Gasteiger partial charge in [0.25, 0.3) is 0 Å². The molecule has 0 fully saturated rings. The molecule has 0 spiro atoms. The summed E-state index contributed by atoms with van der Waals surface area (Å²) in [4.78, 5) is 0. The molecule has 8 aromatic carbocycles. The fourth-order valence-electron chi connectivity index (χ4n) is 9.80. The molecule has 3 nitrogen and oxygen atoms in total. The van der Waals surface area contributed by atoms with Gasteiger partial charge in [0, 0.05) is 49.1 Å². The van der Waals surface area contributed by atoms with Crippen LogP contribution in [0.3, 0.4) is 0 Å². The first-order valence-electron chi connectivity index (χ1n) is 18.8. The van der Waals surface area contributed by atoms with Crippen LogP contribution in [0.4, 0.5) is 0 Å². The number of hydrogen-bond donors (Lipinski definition) is 0. The number of benzene rings is 8. The van der Waals surface area contributed by atoms with Gasteiger partial charge in [-0.2, -0.15) is 0 Å². The largest absolute Gasteiger partial charge is 0.456 e. The van der Waals surface area contributed by atoms with E-state index in [4.69, 9.17) is 4.42 Å². The maximum absolute atomic E-state index is 6.59. The summed E-state index contributed by atoms with van der Waals surface area (Å²) in [5, 5.41) is 7.36. The van der Waals surface area contributed by atoms with Crippen molar-refractivity contribution >= 4 is 65.6 Å². The molecular formula is C51H34N2O. The predicted octanol–water partition coefficient (Wildman–Crippen LogP) is 13.8. The summed E-state index contributed by atoms with van der Waals surface area (Å²) < 4.78 is 11.4. The third-order valence-corrected chi connectivity index (χ3v) is 12.1. The lowest BCUT2D eigenvalue weighted by Crippen LogP contribution is -2.15. The first-order chi connectivity index (χ1) is 26.6. The van der Waals surface area contributed by atoms with Gasteiger partial charge in [0.1, 0.15) is 11.2 Å². The number of hydrogen-bond acceptors (Lipinski definition) is 1. The standard InChI is InChI=1S/C51H34N2O/c1-51(2)41-19-9-6-15-35(41)37-25-27-45-49(50(37)51)38-17-8-11-21-43(38)53(45)33-24-28-46-40(30-33)48-34(18-12-22-47(48)54-46)31-23-26-44-39(29-31)36-16-7-10-20-42(36)52(44)32-13-4-3-5-14-32/h3-30H,1-2H3. The van der Waals surface area contributed by atoms with Crippen LogP contribution in [0.15, 0.2) is 174 Å². The van der Waals surface area contributed by atoms with Crippen molar-refractivity contribution in [2.75, 3.05) is 0 Å². The molecule has 3 heterocycles. The number of aromatic nitrogens is 2. The third-order valence-electron chi connectivity index (χ3n) is 12.1. The Hall–Kier alpha value is -6.84. The maximum atomic E-state index is 6.59. The average Bonchev–Trinajstić information content (AvgIpc) is 3.93. The summed E-state index contributed by atoms with van der Waals surface area (Å²) in [5.41, 5.74) is 16.6. The number of furan rings is 1. The van der Waals surface area contributed by atoms with Crippen molar-refractivity contribution < 1.29 is 4.42 Å². The molecular weight excluding hydrogens is 657 g/mol. The van der Waals surface area contributed by atoms with Crippen molar-refractivity contribution in [1.82, 2.24) is 9.13 Å². The van der Waals surface area contributed by atoms with Gasteiger partial charge in [-0.15, -0.1) is 0 Å². The molecule has 3 aromatic heterocycles. The van der Waals surface area contributed by atoms with E-state index in [0.29, 0.717) is 0 Å². The van der Waals surface area contributed by atoms with Gasteiger partial charge in [-0.25, -0.2) is 0 Å². The molecule has 0 unspecified atom stereocenters. The second kappa shape index (κ2) is 10.6. The van der Waals surface area contributed by atoms with E-state index in [1.807, 2.05) is 0 Å². The highest BCUT2D eigenvalue weighted by Gasteiger charge is 2.38. The highest BCUT2D eigenvalue weighted by atomic mass is 16.3. The number of para-hydroxylation sites is 3. The number of fused-ring (bicyclic) bond motifs is 13. The van der Waals surface area contributed by atoms with Gasteiger partial charge in [0.15, 0.2) is 0 Å². The molecule has 0 saturated heterocycles. The minimum atomic E-state index is -0.117. The van der Waals surface area contributed by atoms with Gasteiger partial charge >= 0.3 is 0 Å². The second-order valence-corrected chi connectivity index (χ2v) is 15.3. The topological polar surface area (TPSA) is 23.0 Å². The monoisotopic (exact) mass is 690 g/mol. The van der Waals surface area contributed by atoms with Gasteiger partial charge in [0.2, 0.25) is 0 Å². The van der Waals surface area contributed by atoms with Crippen molar-refractivity contribution in [3.63, 3.8) is 0 Å². The molecule has 3 heteroatoms. The quantitative estimate of drug-likeness (QED) is 0.181. The molecule has 1 aliphatic rings. The summed E-state index contributed by atoms with van der Waals surface area (Å²) in [6.07, 6.45) is 0. The zero-order valence-electron chi connectivity index (χ0n) is 30.0. The Bertz CT molecular complexity index is 3350. The van der Waals surface area contributed by atoms with Crippen LogP contribution in [-0.2, 0) is 5.41 Å². The fraction of sp³-hybridized carbons (Fsp3) is 0.0588. The Morgan fingerprint density at radius 2 is 1.09 bits per heavy atom. The van der Waals surface area contributed by atoms with E-state index in [9.17, 15) is 0 Å². The van der Waals surface area contributed by atoms with Crippen molar-refractivity contribution in [3.05, 3.63) is 181 Å². The summed E-state index contributed by atoms with van der Waals surface area (Å²) in [5.74, 6) is 0. The lowest BCUT2D eigenvalue weighted by molar-refractivity contribution is 0.666. The van der Waals surface area contributed by atoms with E-state index in [1.54, 1.807) is 0 Å². The number of nitrogens with zero attached hydrogens (tertiary/aromatic N) is 2. The zero-order chi connectivity index (χ0) is 35.7. The van der Waals surface area contributed by atoms with Crippen molar-refractivity contribution in [3.8, 4) is 33.6 Å². The Kier molecular flexibility index (Phi) is 5.84. The van der Waals surface area contributed by atoms with Gasteiger partial charge in [-0.3, -0.25) is 0 Å². The van der Waals surface area contributed by atoms with E-state index in [2.05, 4.69) is 193 Å². The molecule has 0 atom stereocenters. The minimum absolute atomic E-state index is 0.117. The van der Waals surface area contributed by atoms with Crippen LogP contribution in [0.5, 0.6) is 0 Å². The van der Waals surface area contributed by atoms with Crippen LogP contribution in [0.1, 0.15) is 25.0 Å². The van der Waals surface area contributed by atoms with E-state index in [-0.39, 0.29) is 5.41 Å². The van der Waals surface area contributed by atoms with Crippen LogP contribution in [0.2, 0.25) is 0 Å². The molecule has 254 valence electrons. The molecule has 1 aliphatic carbocycles. The van der Waals surface area contributed by atoms with Crippen LogP contribution in [-0.4, -0.2) is 9.13 Å². The van der Waals surface area contributed by atoms with Crippen molar-refractivity contribution in [2.45, 2.75) is 19.3 Å². The zero-order valence-corrected chi connectivity index (χ0v) is 30.0. The van der Waals surface area contributed by atoms with E-state index in [0.717, 1.165) is 33.3 Å². The van der Waals surface area contributed by atoms with Crippen LogP contribution in [0, 0.1) is 0 Å².